The average molecular weight is 543 g/mol. The summed E-state index contributed by atoms with van der Waals surface area (Å²) in [5.74, 6) is 2.63. The smallest absolute Gasteiger partial charge is 0.329 e. The summed E-state index contributed by atoms with van der Waals surface area (Å²) in [4.78, 5) is 37.6. The molecule has 210 valence electrons. The maximum atomic E-state index is 12.4. The van der Waals surface area contributed by atoms with Gasteiger partial charge >= 0.3 is 6.03 Å². The summed E-state index contributed by atoms with van der Waals surface area (Å²) in [7, 11) is 1.87. The van der Waals surface area contributed by atoms with Gasteiger partial charge in [-0.05, 0) is 68.4 Å². The van der Waals surface area contributed by atoms with E-state index in [2.05, 4.69) is 66.3 Å². The van der Waals surface area contributed by atoms with Crippen LogP contribution < -0.4 is 15.0 Å². The van der Waals surface area contributed by atoms with Gasteiger partial charge in [0.15, 0.2) is 5.82 Å². The quantitative estimate of drug-likeness (QED) is 0.464. The van der Waals surface area contributed by atoms with Crippen LogP contribution in [0, 0.1) is 5.92 Å². The molecule has 3 aromatic rings. The number of hydrogen-bond acceptors (Lipinski definition) is 6. The summed E-state index contributed by atoms with van der Waals surface area (Å²) in [6, 6.07) is 12.3. The zero-order chi connectivity index (χ0) is 28.0. The molecule has 9 heteroatoms. The van der Waals surface area contributed by atoms with E-state index in [9.17, 15) is 9.59 Å². The first-order chi connectivity index (χ1) is 19.2. The largest absolute Gasteiger partial charge is 0.490 e. The highest BCUT2D eigenvalue weighted by atomic mass is 16.5. The van der Waals surface area contributed by atoms with E-state index in [1.165, 1.54) is 30.4 Å². The molecule has 6 rings (SSSR count). The fourth-order valence-electron chi connectivity index (χ4n) is 6.27. The zero-order valence-corrected chi connectivity index (χ0v) is 23.8. The number of imide groups is 1. The number of nitrogens with one attached hydrogen (secondary N) is 1. The number of pyridine rings is 1. The third kappa shape index (κ3) is 4.87. The second kappa shape index (κ2) is 10.4. The van der Waals surface area contributed by atoms with Crippen LogP contribution in [0.15, 0.2) is 42.6 Å². The van der Waals surface area contributed by atoms with E-state index in [1.807, 2.05) is 17.7 Å². The number of amides is 3. The summed E-state index contributed by atoms with van der Waals surface area (Å²) >= 11 is 0. The summed E-state index contributed by atoms with van der Waals surface area (Å²) in [6.45, 7) is 8.70. The molecule has 40 heavy (non-hydrogen) atoms. The Morgan fingerprint density at radius 3 is 2.60 bits per heavy atom. The summed E-state index contributed by atoms with van der Waals surface area (Å²) in [6.07, 6.45) is 7.22. The van der Waals surface area contributed by atoms with Gasteiger partial charge in [0.05, 0.1) is 17.4 Å². The van der Waals surface area contributed by atoms with Crippen molar-refractivity contribution in [3.63, 3.8) is 0 Å². The molecule has 2 aliphatic heterocycles. The number of aromatic nitrogens is 3. The van der Waals surface area contributed by atoms with E-state index >= 15 is 0 Å². The molecule has 0 bridgehead atoms. The van der Waals surface area contributed by atoms with Gasteiger partial charge in [0.25, 0.3) is 0 Å². The number of carbonyl (C=O) groups is 2. The average Bonchev–Trinajstić information content (AvgIpc) is 3.42. The van der Waals surface area contributed by atoms with Crippen molar-refractivity contribution in [1.82, 2.24) is 24.8 Å². The number of benzene rings is 1. The Morgan fingerprint density at radius 1 is 1.07 bits per heavy atom. The number of hydrogen-bond donors (Lipinski definition) is 1. The van der Waals surface area contributed by atoms with Crippen molar-refractivity contribution in [3.8, 4) is 17.3 Å². The minimum Gasteiger partial charge on any atom is -0.490 e. The van der Waals surface area contributed by atoms with Crippen LogP contribution in [0.5, 0.6) is 5.75 Å². The lowest BCUT2D eigenvalue weighted by molar-refractivity contribution is -0.120. The van der Waals surface area contributed by atoms with E-state index in [0.29, 0.717) is 30.2 Å². The highest BCUT2D eigenvalue weighted by Crippen LogP contribution is 2.40. The first-order valence-electron chi connectivity index (χ1n) is 14.3. The second-order valence-corrected chi connectivity index (χ2v) is 11.9. The molecule has 9 nitrogen and oxygen atoms in total. The topological polar surface area (TPSA) is 92.6 Å². The lowest BCUT2D eigenvalue weighted by atomic mass is 9.88. The summed E-state index contributed by atoms with van der Waals surface area (Å²) < 4.78 is 8.19. The number of imidazole rings is 1. The summed E-state index contributed by atoms with van der Waals surface area (Å²) in [5, 5.41) is 2.38. The first-order valence-corrected chi connectivity index (χ1v) is 14.3. The molecule has 0 spiro atoms. The Bertz CT molecular complexity index is 1430. The third-order valence-electron chi connectivity index (χ3n) is 8.85. The van der Waals surface area contributed by atoms with Gasteiger partial charge in [-0.1, -0.05) is 31.5 Å². The predicted molar refractivity (Wildman–Crippen MR) is 153 cm³/mol. The number of anilines is 1. The van der Waals surface area contributed by atoms with E-state index < -0.39 is 6.03 Å². The number of carbonyl (C=O) groups excluding carboxylic acids is 2. The standard InChI is InChI=1S/C31H38N6O3/c1-20-7-5-6-8-25(20)40-23-12-9-21(10-13-23)18-36-19-22-11-14-24(33-28(22)31(36,2)3)29-32-17-27(35(29)4)37-16-15-26(38)34-30(37)39/h9-14,17,20,25H,5-8,15-16,18-19H2,1-4H3,(H,34,38,39)/t20-,25-/m0/s1. The Labute approximate surface area is 235 Å². The fraction of sp³-hybridized carbons (Fsp3) is 0.484. The van der Waals surface area contributed by atoms with Crippen LogP contribution in [-0.2, 0) is 30.5 Å². The third-order valence-corrected chi connectivity index (χ3v) is 8.85. The van der Waals surface area contributed by atoms with E-state index in [0.717, 1.165) is 36.6 Å². The van der Waals surface area contributed by atoms with Crippen molar-refractivity contribution in [2.24, 2.45) is 13.0 Å². The predicted octanol–water partition coefficient (Wildman–Crippen LogP) is 5.14. The first kappa shape index (κ1) is 26.5. The molecule has 1 aromatic carbocycles. The van der Waals surface area contributed by atoms with Crippen LogP contribution in [0.2, 0.25) is 0 Å². The molecular weight excluding hydrogens is 504 g/mol. The van der Waals surface area contributed by atoms with Crippen LogP contribution in [0.3, 0.4) is 0 Å². The number of fused-ring (bicyclic) bond motifs is 1. The van der Waals surface area contributed by atoms with Gasteiger partial charge in [0.2, 0.25) is 5.91 Å². The fourth-order valence-corrected chi connectivity index (χ4v) is 6.27. The van der Waals surface area contributed by atoms with Crippen LogP contribution >= 0.6 is 0 Å². The maximum Gasteiger partial charge on any atom is 0.329 e. The van der Waals surface area contributed by atoms with Gasteiger partial charge in [-0.3, -0.25) is 19.9 Å². The highest BCUT2D eigenvalue weighted by molar-refractivity contribution is 6.05. The van der Waals surface area contributed by atoms with Crippen molar-refractivity contribution < 1.29 is 14.3 Å². The molecule has 1 N–H and O–H groups in total. The molecular formula is C31H38N6O3. The van der Waals surface area contributed by atoms with Gasteiger partial charge in [0.1, 0.15) is 23.4 Å². The van der Waals surface area contributed by atoms with Gasteiger partial charge < -0.3 is 9.30 Å². The summed E-state index contributed by atoms with van der Waals surface area (Å²) in [5.41, 5.74) is 4.00. The van der Waals surface area contributed by atoms with Crippen LogP contribution in [0.25, 0.3) is 11.5 Å². The van der Waals surface area contributed by atoms with Crippen LogP contribution in [0.4, 0.5) is 10.6 Å². The lowest BCUT2D eigenvalue weighted by Crippen LogP contribution is -2.50. The monoisotopic (exact) mass is 542 g/mol. The molecule has 2 fully saturated rings. The number of nitrogens with zero attached hydrogens (tertiary/aromatic N) is 5. The molecule has 0 radical (unpaired) electrons. The minimum atomic E-state index is -0.423. The van der Waals surface area contributed by atoms with Crippen molar-refractivity contribution in [1.29, 1.82) is 0 Å². The number of rotatable bonds is 6. The number of urea groups is 1. The molecule has 3 aliphatic rings. The van der Waals surface area contributed by atoms with Gasteiger partial charge in [-0.2, -0.15) is 0 Å². The van der Waals surface area contributed by atoms with Crippen molar-refractivity contribution in [3.05, 3.63) is 59.4 Å². The molecule has 1 saturated heterocycles. The Balaban J connectivity index is 1.17. The molecule has 1 saturated carbocycles. The minimum absolute atomic E-state index is 0.255. The Hall–Kier alpha value is -3.72. The highest BCUT2D eigenvalue weighted by Gasteiger charge is 2.39. The molecule has 0 unspecified atom stereocenters. The normalized spacial score (nSPS) is 22.8. The SMILES string of the molecule is C[C@H]1CCCC[C@@H]1Oc1ccc(CN2Cc3ccc(-c4ncc(N5CCC(=O)NC5=O)n4C)nc3C2(C)C)cc1. The van der Waals surface area contributed by atoms with Crippen LogP contribution in [0.1, 0.15) is 69.7 Å². The molecule has 3 amide bonds. The van der Waals surface area contributed by atoms with Gasteiger partial charge in [-0.15, -0.1) is 0 Å². The molecule has 4 heterocycles. The maximum absolute atomic E-state index is 12.4. The van der Waals surface area contributed by atoms with Crippen molar-refractivity contribution >= 4 is 17.8 Å². The zero-order valence-electron chi connectivity index (χ0n) is 23.8. The van der Waals surface area contributed by atoms with Gasteiger partial charge in [-0.25, -0.2) is 14.8 Å². The number of ether oxygens (including phenoxy) is 1. The van der Waals surface area contributed by atoms with E-state index in [-0.39, 0.29) is 17.9 Å². The van der Waals surface area contributed by atoms with E-state index in [4.69, 9.17) is 9.72 Å². The van der Waals surface area contributed by atoms with Crippen molar-refractivity contribution in [2.75, 3.05) is 11.4 Å². The lowest BCUT2D eigenvalue weighted by Gasteiger charge is -2.32. The molecule has 1 aliphatic carbocycles. The Kier molecular flexibility index (Phi) is 6.86. The van der Waals surface area contributed by atoms with Crippen LogP contribution in [-0.4, -0.2) is 44.0 Å². The van der Waals surface area contributed by atoms with Crippen molar-refractivity contribution in [2.45, 2.75) is 77.6 Å². The molecule has 2 aromatic heterocycles. The second-order valence-electron chi connectivity index (χ2n) is 11.9. The van der Waals surface area contributed by atoms with Gasteiger partial charge in [0, 0.05) is 33.1 Å². The van der Waals surface area contributed by atoms with E-state index in [1.54, 1.807) is 11.1 Å². The molecule has 2 atom stereocenters. The Morgan fingerprint density at radius 2 is 1.85 bits per heavy atom.